The molecule has 2 aromatic heterocycles. The van der Waals surface area contributed by atoms with Gasteiger partial charge in [-0.2, -0.15) is 9.61 Å². The van der Waals surface area contributed by atoms with Crippen LogP contribution in [0, 0.1) is 0 Å². The molecular formula is C14H15N5S. The van der Waals surface area contributed by atoms with Gasteiger partial charge in [0.05, 0.1) is 0 Å². The first-order valence-electron chi connectivity index (χ1n) is 6.89. The van der Waals surface area contributed by atoms with E-state index in [0.29, 0.717) is 5.92 Å². The van der Waals surface area contributed by atoms with E-state index >= 15 is 0 Å². The topological polar surface area (TPSA) is 69.1 Å². The number of rotatable bonds is 2. The van der Waals surface area contributed by atoms with E-state index in [2.05, 4.69) is 15.3 Å². The summed E-state index contributed by atoms with van der Waals surface area (Å²) in [6, 6.07) is 7.80. The van der Waals surface area contributed by atoms with Crippen molar-refractivity contribution in [1.82, 2.24) is 19.8 Å². The van der Waals surface area contributed by atoms with Crippen molar-refractivity contribution in [2.75, 3.05) is 5.73 Å². The predicted molar refractivity (Wildman–Crippen MR) is 79.7 cm³/mol. The lowest BCUT2D eigenvalue weighted by Crippen LogP contribution is -2.01. The maximum Gasteiger partial charge on any atom is 0.234 e. The van der Waals surface area contributed by atoms with E-state index in [1.165, 1.54) is 25.7 Å². The molecule has 4 rings (SSSR count). The van der Waals surface area contributed by atoms with Gasteiger partial charge in [-0.15, -0.1) is 10.2 Å². The molecule has 0 unspecified atom stereocenters. The molecule has 0 spiro atoms. The normalized spacial score (nSPS) is 16.2. The number of hydrogen-bond donors (Lipinski definition) is 1. The average Bonchev–Trinajstić information content (AvgIpc) is 3.14. The monoisotopic (exact) mass is 285 g/mol. The molecule has 0 saturated heterocycles. The second-order valence-corrected chi connectivity index (χ2v) is 6.22. The SMILES string of the molecule is Nc1cccc(-c2nn3c(C4CCCC4)nnc3s2)c1. The Morgan fingerprint density at radius 1 is 1.20 bits per heavy atom. The van der Waals surface area contributed by atoms with Gasteiger partial charge in [0.25, 0.3) is 0 Å². The van der Waals surface area contributed by atoms with Crippen LogP contribution in [0.5, 0.6) is 0 Å². The minimum absolute atomic E-state index is 0.515. The van der Waals surface area contributed by atoms with Gasteiger partial charge < -0.3 is 5.73 Å². The molecule has 6 heteroatoms. The van der Waals surface area contributed by atoms with E-state index in [1.807, 2.05) is 28.8 Å². The zero-order chi connectivity index (χ0) is 13.5. The molecule has 2 N–H and O–H groups in total. The Morgan fingerprint density at radius 3 is 2.85 bits per heavy atom. The van der Waals surface area contributed by atoms with Gasteiger partial charge in [0, 0.05) is 17.2 Å². The molecule has 0 radical (unpaired) electrons. The van der Waals surface area contributed by atoms with Gasteiger partial charge >= 0.3 is 0 Å². The summed E-state index contributed by atoms with van der Waals surface area (Å²) in [4.78, 5) is 0.865. The molecule has 0 bridgehead atoms. The van der Waals surface area contributed by atoms with Crippen molar-refractivity contribution < 1.29 is 0 Å². The zero-order valence-corrected chi connectivity index (χ0v) is 11.8. The maximum atomic E-state index is 5.84. The van der Waals surface area contributed by atoms with Crippen LogP contribution in [0.1, 0.15) is 37.4 Å². The highest BCUT2D eigenvalue weighted by Crippen LogP contribution is 2.34. The summed E-state index contributed by atoms with van der Waals surface area (Å²) in [5.41, 5.74) is 7.63. The number of hydrogen-bond acceptors (Lipinski definition) is 5. The highest BCUT2D eigenvalue weighted by Gasteiger charge is 2.24. The van der Waals surface area contributed by atoms with Crippen molar-refractivity contribution in [3.05, 3.63) is 30.1 Å². The lowest BCUT2D eigenvalue weighted by molar-refractivity contribution is 0.641. The van der Waals surface area contributed by atoms with Crippen molar-refractivity contribution in [2.45, 2.75) is 31.6 Å². The Balaban J connectivity index is 1.79. The number of fused-ring (bicyclic) bond motifs is 1. The second kappa shape index (κ2) is 4.56. The van der Waals surface area contributed by atoms with E-state index in [4.69, 9.17) is 5.73 Å². The van der Waals surface area contributed by atoms with E-state index in [0.717, 1.165) is 27.0 Å². The van der Waals surface area contributed by atoms with Gasteiger partial charge in [-0.25, -0.2) is 0 Å². The summed E-state index contributed by atoms with van der Waals surface area (Å²) in [6.07, 6.45) is 4.97. The highest BCUT2D eigenvalue weighted by atomic mass is 32.1. The molecule has 5 nitrogen and oxygen atoms in total. The molecule has 1 aliphatic rings. The van der Waals surface area contributed by atoms with E-state index in [9.17, 15) is 0 Å². The molecular weight excluding hydrogens is 270 g/mol. The average molecular weight is 285 g/mol. The summed E-state index contributed by atoms with van der Waals surface area (Å²) in [6.45, 7) is 0. The fraction of sp³-hybridized carbons (Fsp3) is 0.357. The Labute approximate surface area is 120 Å². The number of nitrogens with two attached hydrogens (primary N) is 1. The number of nitrogens with zero attached hydrogens (tertiary/aromatic N) is 4. The largest absolute Gasteiger partial charge is 0.399 e. The van der Waals surface area contributed by atoms with Crippen LogP contribution in [-0.4, -0.2) is 19.8 Å². The smallest absolute Gasteiger partial charge is 0.234 e. The minimum Gasteiger partial charge on any atom is -0.399 e. The van der Waals surface area contributed by atoms with Gasteiger partial charge in [0.1, 0.15) is 5.01 Å². The van der Waals surface area contributed by atoms with E-state index in [1.54, 1.807) is 11.3 Å². The van der Waals surface area contributed by atoms with Crippen LogP contribution in [0.2, 0.25) is 0 Å². The van der Waals surface area contributed by atoms with Crippen LogP contribution in [0.25, 0.3) is 15.5 Å². The molecule has 0 aliphatic heterocycles. The first kappa shape index (κ1) is 11.8. The zero-order valence-electron chi connectivity index (χ0n) is 11.0. The Kier molecular flexibility index (Phi) is 2.70. The molecule has 20 heavy (non-hydrogen) atoms. The maximum absolute atomic E-state index is 5.84. The molecule has 0 amide bonds. The lowest BCUT2D eigenvalue weighted by Gasteiger charge is -2.03. The van der Waals surface area contributed by atoms with Crippen LogP contribution >= 0.6 is 11.3 Å². The van der Waals surface area contributed by atoms with Crippen molar-refractivity contribution in [3.63, 3.8) is 0 Å². The summed E-state index contributed by atoms with van der Waals surface area (Å²) in [5, 5.41) is 14.2. The first-order valence-corrected chi connectivity index (χ1v) is 7.71. The standard InChI is InChI=1S/C14H15N5S/c15-11-7-3-6-10(8-11)13-18-19-12(9-4-1-2-5-9)16-17-14(19)20-13/h3,6-9H,1-2,4-5,15H2. The number of benzene rings is 1. The Morgan fingerprint density at radius 2 is 2.05 bits per heavy atom. The van der Waals surface area contributed by atoms with Gasteiger partial charge in [-0.05, 0) is 25.0 Å². The van der Waals surface area contributed by atoms with Gasteiger partial charge in [0.15, 0.2) is 5.82 Å². The predicted octanol–water partition coefficient (Wildman–Crippen LogP) is 3.09. The lowest BCUT2D eigenvalue weighted by atomic mass is 10.1. The van der Waals surface area contributed by atoms with Crippen LogP contribution in [0.15, 0.2) is 24.3 Å². The Bertz CT molecular complexity index is 754. The first-order chi connectivity index (χ1) is 9.81. The summed E-state index contributed by atoms with van der Waals surface area (Å²) < 4.78 is 1.92. The number of nitrogen functional groups attached to an aromatic ring is 1. The van der Waals surface area contributed by atoms with Gasteiger partial charge in [0.2, 0.25) is 4.96 Å². The quantitative estimate of drug-likeness (QED) is 0.735. The van der Waals surface area contributed by atoms with Crippen LogP contribution in [0.4, 0.5) is 5.69 Å². The molecule has 1 aliphatic carbocycles. The van der Waals surface area contributed by atoms with Crippen LogP contribution < -0.4 is 5.73 Å². The summed E-state index contributed by atoms with van der Waals surface area (Å²) >= 11 is 1.56. The molecule has 0 atom stereocenters. The molecule has 2 heterocycles. The third kappa shape index (κ3) is 1.87. The van der Waals surface area contributed by atoms with Crippen molar-refractivity contribution in [2.24, 2.45) is 0 Å². The van der Waals surface area contributed by atoms with Crippen molar-refractivity contribution >= 4 is 22.0 Å². The fourth-order valence-corrected chi connectivity index (χ4v) is 3.70. The van der Waals surface area contributed by atoms with E-state index < -0.39 is 0 Å². The number of anilines is 1. The van der Waals surface area contributed by atoms with Gasteiger partial charge in [-0.1, -0.05) is 36.3 Å². The fourth-order valence-electron chi connectivity index (χ4n) is 2.86. The van der Waals surface area contributed by atoms with Gasteiger partial charge in [-0.3, -0.25) is 0 Å². The van der Waals surface area contributed by atoms with Crippen molar-refractivity contribution in [3.8, 4) is 10.6 Å². The minimum atomic E-state index is 0.515. The van der Waals surface area contributed by atoms with Crippen LogP contribution in [0.3, 0.4) is 0 Å². The third-order valence-corrected chi connectivity index (χ3v) is 4.82. The molecule has 1 saturated carbocycles. The van der Waals surface area contributed by atoms with E-state index in [-0.39, 0.29) is 0 Å². The molecule has 1 fully saturated rings. The summed E-state index contributed by atoms with van der Waals surface area (Å²) in [5.74, 6) is 1.53. The Hall–Kier alpha value is -1.95. The summed E-state index contributed by atoms with van der Waals surface area (Å²) in [7, 11) is 0. The molecule has 3 aromatic rings. The van der Waals surface area contributed by atoms with Crippen LogP contribution in [-0.2, 0) is 0 Å². The molecule has 1 aromatic carbocycles. The highest BCUT2D eigenvalue weighted by molar-refractivity contribution is 7.19. The third-order valence-electron chi connectivity index (χ3n) is 3.87. The molecule has 102 valence electrons. The van der Waals surface area contributed by atoms with Crippen molar-refractivity contribution in [1.29, 1.82) is 0 Å². The second-order valence-electron chi connectivity index (χ2n) is 5.27. The number of aromatic nitrogens is 4.